The molecule has 0 amide bonds. The number of rotatable bonds is 4. The predicted molar refractivity (Wildman–Crippen MR) is 107 cm³/mol. The first-order valence-corrected chi connectivity index (χ1v) is 8.05. The number of anilines is 2. The van der Waals surface area contributed by atoms with Gasteiger partial charge in [0.05, 0.1) is 6.85 Å². The molecule has 0 saturated carbocycles. The average molecular weight is 326 g/mol. The molecule has 1 nitrogen and oxygen atoms in total. The minimum Gasteiger partial charge on any atom is -0.356 e. The van der Waals surface area contributed by atoms with E-state index in [1.807, 2.05) is 42.5 Å². The predicted octanol–water partition coefficient (Wildman–Crippen LogP) is 6.76. The molecular weight excluding hydrogens is 302 g/mol. The van der Waals surface area contributed by atoms with Crippen molar-refractivity contribution in [1.29, 1.82) is 0 Å². The molecule has 0 bridgehead atoms. The quantitative estimate of drug-likeness (QED) is 0.436. The van der Waals surface area contributed by atoms with Crippen LogP contribution in [0.4, 0.5) is 11.4 Å². The topological polar surface area (TPSA) is 12.0 Å². The number of benzene rings is 4. The molecule has 1 heteroatoms. The van der Waals surface area contributed by atoms with Gasteiger partial charge in [-0.25, -0.2) is 0 Å². The van der Waals surface area contributed by atoms with Crippen LogP contribution in [0.25, 0.3) is 22.3 Å². The zero-order valence-corrected chi connectivity index (χ0v) is 13.5. The molecule has 4 rings (SSSR count). The third kappa shape index (κ3) is 3.61. The second kappa shape index (κ2) is 7.06. The van der Waals surface area contributed by atoms with E-state index in [9.17, 15) is 0 Å². The van der Waals surface area contributed by atoms with Crippen molar-refractivity contribution in [1.82, 2.24) is 0 Å². The van der Waals surface area contributed by atoms with E-state index in [-0.39, 0.29) is 29.9 Å². The van der Waals surface area contributed by atoms with Crippen molar-refractivity contribution in [3.05, 3.63) is 109 Å². The Morgan fingerprint density at radius 2 is 0.960 bits per heavy atom. The lowest BCUT2D eigenvalue weighted by molar-refractivity contribution is 1.54. The maximum absolute atomic E-state index is 8.02. The molecule has 0 aliphatic rings. The third-order valence-corrected chi connectivity index (χ3v) is 3.98. The fourth-order valence-corrected chi connectivity index (χ4v) is 2.69. The molecule has 0 fully saturated rings. The Labute approximate surface area is 155 Å². The molecule has 4 aromatic carbocycles. The lowest BCUT2D eigenvalue weighted by atomic mass is 10.0. The highest BCUT2D eigenvalue weighted by Crippen LogP contribution is 2.26. The van der Waals surface area contributed by atoms with Gasteiger partial charge in [0.1, 0.15) is 0 Å². The van der Waals surface area contributed by atoms with Crippen molar-refractivity contribution in [2.45, 2.75) is 0 Å². The number of nitrogens with one attached hydrogen (secondary N) is 1. The van der Waals surface area contributed by atoms with Crippen molar-refractivity contribution in [3.8, 4) is 22.3 Å². The van der Waals surface area contributed by atoms with E-state index in [1.54, 1.807) is 0 Å². The Bertz CT molecular complexity index is 1160. The zero-order chi connectivity index (χ0) is 21.3. The first-order valence-electron chi connectivity index (χ1n) is 10.6. The van der Waals surface area contributed by atoms with Crippen LogP contribution in [0, 0.1) is 0 Å². The lowest BCUT2D eigenvalue weighted by Gasteiger charge is -2.08. The van der Waals surface area contributed by atoms with E-state index in [0.29, 0.717) is 5.69 Å². The maximum atomic E-state index is 8.02. The second-order valence-corrected chi connectivity index (χ2v) is 5.65. The van der Waals surface area contributed by atoms with Gasteiger partial charge in [0.2, 0.25) is 0 Å². The van der Waals surface area contributed by atoms with Crippen molar-refractivity contribution < 1.29 is 6.85 Å². The molecule has 0 aromatic heterocycles. The molecule has 4 aromatic rings. The highest BCUT2D eigenvalue weighted by molar-refractivity contribution is 5.72. The van der Waals surface area contributed by atoms with Crippen LogP contribution in [0.5, 0.6) is 0 Å². The van der Waals surface area contributed by atoms with E-state index < -0.39 is 6.04 Å². The molecule has 25 heavy (non-hydrogen) atoms. The Hall–Kier alpha value is -3.32. The Balaban J connectivity index is 1.57. The number of hydrogen-bond acceptors (Lipinski definition) is 1. The monoisotopic (exact) mass is 326 g/mol. The molecule has 0 unspecified atom stereocenters. The summed E-state index contributed by atoms with van der Waals surface area (Å²) in [6.07, 6.45) is 0. The van der Waals surface area contributed by atoms with E-state index >= 15 is 0 Å². The van der Waals surface area contributed by atoms with Crippen molar-refractivity contribution in [3.63, 3.8) is 0 Å². The zero-order valence-electron chi connectivity index (χ0n) is 18.5. The van der Waals surface area contributed by atoms with E-state index in [4.69, 9.17) is 6.85 Å². The van der Waals surface area contributed by atoms with Crippen LogP contribution >= 0.6 is 0 Å². The molecule has 0 spiro atoms. The molecule has 0 heterocycles. The van der Waals surface area contributed by atoms with Gasteiger partial charge in [0.15, 0.2) is 0 Å². The van der Waals surface area contributed by atoms with Crippen LogP contribution in [0.3, 0.4) is 0 Å². The molecule has 0 aliphatic carbocycles. The third-order valence-electron chi connectivity index (χ3n) is 3.98. The van der Waals surface area contributed by atoms with E-state index in [1.165, 1.54) is 5.56 Å². The highest BCUT2D eigenvalue weighted by Gasteiger charge is 2.01. The molecule has 1 N–H and O–H groups in total. The summed E-state index contributed by atoms with van der Waals surface area (Å²) in [7, 11) is 0. The van der Waals surface area contributed by atoms with Gasteiger partial charge >= 0.3 is 0 Å². The van der Waals surface area contributed by atoms with Crippen LogP contribution in [-0.4, -0.2) is 0 Å². The fourth-order valence-electron chi connectivity index (χ4n) is 2.69. The number of hydrogen-bond donors (Lipinski definition) is 1. The van der Waals surface area contributed by atoms with Gasteiger partial charge < -0.3 is 5.32 Å². The summed E-state index contributed by atoms with van der Waals surface area (Å²) >= 11 is 0. The summed E-state index contributed by atoms with van der Waals surface area (Å²) < 4.78 is 39.3. The molecule has 0 radical (unpaired) electrons. The number of para-hydroxylation sites is 1. The van der Waals surface area contributed by atoms with Crippen molar-refractivity contribution in [2.75, 3.05) is 5.32 Å². The van der Waals surface area contributed by atoms with Gasteiger partial charge in [-0.15, -0.1) is 0 Å². The molecule has 0 saturated heterocycles. The Morgan fingerprint density at radius 3 is 1.52 bits per heavy atom. The largest absolute Gasteiger partial charge is 0.356 e. The standard InChI is InChI=1S/C24H19N/c1-3-7-19(8-4-1)20-11-13-21(14-12-20)22-15-17-24(18-16-22)25-23-9-5-2-6-10-23/h1-18,25H/i2D,5D,6D,9D,10D. The molecule has 120 valence electrons. The Morgan fingerprint density at radius 1 is 0.480 bits per heavy atom. The van der Waals surface area contributed by atoms with Crippen LogP contribution in [0.2, 0.25) is 0 Å². The SMILES string of the molecule is [2H]c1c([2H])c([2H])c(Nc2ccc(-c3ccc(-c4ccccc4)cc3)cc2)c([2H])c1[2H]. The first kappa shape index (κ1) is 10.5. The normalized spacial score (nSPS) is 13.2. The second-order valence-electron chi connectivity index (χ2n) is 5.65. The van der Waals surface area contributed by atoms with Crippen molar-refractivity contribution in [2.24, 2.45) is 0 Å². The van der Waals surface area contributed by atoms with Crippen LogP contribution < -0.4 is 5.32 Å². The van der Waals surface area contributed by atoms with Crippen LogP contribution in [0.1, 0.15) is 6.85 Å². The summed E-state index contributed by atoms with van der Waals surface area (Å²) in [6.45, 7) is 0. The van der Waals surface area contributed by atoms with Crippen LogP contribution in [-0.2, 0) is 0 Å². The highest BCUT2D eigenvalue weighted by atomic mass is 14.9. The summed E-state index contributed by atoms with van der Waals surface area (Å²) in [6, 6.07) is 24.4. The minimum atomic E-state index is -0.398. The van der Waals surface area contributed by atoms with Gasteiger partial charge in [-0.1, -0.05) is 84.9 Å². The minimum absolute atomic E-state index is 0.0703. The molecular formula is C24H19N. The molecule has 0 aliphatic heterocycles. The smallest absolute Gasteiger partial charge is 0.0645 e. The first-order chi connectivity index (χ1) is 14.5. The summed E-state index contributed by atoms with van der Waals surface area (Å²) in [5.74, 6) is 0. The van der Waals surface area contributed by atoms with Gasteiger partial charge in [-0.3, -0.25) is 0 Å². The van der Waals surface area contributed by atoms with Gasteiger partial charge in [0.25, 0.3) is 0 Å². The van der Waals surface area contributed by atoms with E-state index in [0.717, 1.165) is 16.7 Å². The summed E-state index contributed by atoms with van der Waals surface area (Å²) in [5.41, 5.74) is 5.14. The van der Waals surface area contributed by atoms with Crippen molar-refractivity contribution >= 4 is 11.4 Å². The summed E-state index contributed by atoms with van der Waals surface area (Å²) in [5, 5.41) is 2.96. The Kier molecular flexibility index (Phi) is 2.97. The van der Waals surface area contributed by atoms with Gasteiger partial charge in [0, 0.05) is 11.4 Å². The lowest BCUT2D eigenvalue weighted by Crippen LogP contribution is -1.89. The fraction of sp³-hybridized carbons (Fsp3) is 0. The van der Waals surface area contributed by atoms with Gasteiger partial charge in [-0.2, -0.15) is 0 Å². The van der Waals surface area contributed by atoms with E-state index in [2.05, 4.69) is 41.7 Å². The molecule has 0 atom stereocenters. The van der Waals surface area contributed by atoms with Crippen LogP contribution in [0.15, 0.2) is 109 Å². The summed E-state index contributed by atoms with van der Waals surface area (Å²) in [4.78, 5) is 0. The maximum Gasteiger partial charge on any atom is 0.0645 e. The van der Waals surface area contributed by atoms with Gasteiger partial charge in [-0.05, 0) is 46.5 Å². The average Bonchev–Trinajstić information content (AvgIpc) is 2.80.